The maximum absolute atomic E-state index is 13.8. The van der Waals surface area contributed by atoms with E-state index in [0.717, 1.165) is 0 Å². The lowest BCUT2D eigenvalue weighted by Crippen LogP contribution is -2.23. The Morgan fingerprint density at radius 3 is 2.73 bits per heavy atom. The van der Waals surface area contributed by atoms with Gasteiger partial charge in [0.05, 0.1) is 4.90 Å². The average Bonchev–Trinajstić information content (AvgIpc) is 3.14. The summed E-state index contributed by atoms with van der Waals surface area (Å²) in [6.07, 6.45) is 3.38. The quantitative estimate of drug-likeness (QED) is 0.769. The summed E-state index contributed by atoms with van der Waals surface area (Å²) in [7, 11) is -1.84. The van der Waals surface area contributed by atoms with E-state index in [0.29, 0.717) is 17.0 Å². The minimum absolute atomic E-state index is 0.177. The lowest BCUT2D eigenvalue weighted by molar-refractivity contribution is 0.594. The third-order valence-electron chi connectivity index (χ3n) is 4.19. The topological polar surface area (TPSA) is 76.3 Å². The number of nitrogens with one attached hydrogen (secondary N) is 1. The van der Waals surface area contributed by atoms with Crippen molar-refractivity contribution < 1.29 is 12.8 Å². The fourth-order valence-electron chi connectivity index (χ4n) is 2.96. The molecule has 1 atom stereocenters. The first-order chi connectivity index (χ1) is 12.5. The van der Waals surface area contributed by atoms with Crippen LogP contribution in [0.4, 0.5) is 4.39 Å². The highest BCUT2D eigenvalue weighted by atomic mass is 32.2. The van der Waals surface area contributed by atoms with Crippen molar-refractivity contribution in [1.82, 2.24) is 14.3 Å². The van der Waals surface area contributed by atoms with E-state index in [2.05, 4.69) is 14.7 Å². The first kappa shape index (κ1) is 16.5. The minimum atomic E-state index is -3.65. The van der Waals surface area contributed by atoms with Crippen LogP contribution in [-0.2, 0) is 17.1 Å². The van der Waals surface area contributed by atoms with Gasteiger partial charge in [-0.25, -0.2) is 17.8 Å². The smallest absolute Gasteiger partial charge is 0.263 e. The molecule has 0 amide bonds. The van der Waals surface area contributed by atoms with E-state index < -0.39 is 21.9 Å². The second-order valence-corrected chi connectivity index (χ2v) is 7.58. The van der Waals surface area contributed by atoms with Gasteiger partial charge in [-0.05, 0) is 29.8 Å². The standard InChI is InChI=1S/C18H15FN4O2S/c1-23-10-9-20-18(23)16(12-5-4-6-13(19)11-12)21-17-14-7-2-3-8-15(14)26(24,25)22-17/h2-11,16H,1H3,(H,21,22)/t16-/m1/s1. The summed E-state index contributed by atoms with van der Waals surface area (Å²) < 4.78 is 42.6. The van der Waals surface area contributed by atoms with Crippen LogP contribution in [-0.4, -0.2) is 23.8 Å². The predicted molar refractivity (Wildman–Crippen MR) is 94.8 cm³/mol. The Bertz CT molecular complexity index is 1120. The zero-order valence-electron chi connectivity index (χ0n) is 13.8. The number of imidazole rings is 1. The highest BCUT2D eigenvalue weighted by molar-refractivity contribution is 7.90. The summed E-state index contributed by atoms with van der Waals surface area (Å²) in [4.78, 5) is 9.09. The number of halogens is 1. The molecule has 0 fully saturated rings. The van der Waals surface area contributed by atoms with Gasteiger partial charge < -0.3 is 4.57 Å². The molecule has 2 aromatic carbocycles. The van der Waals surface area contributed by atoms with Crippen molar-refractivity contribution in [3.63, 3.8) is 0 Å². The predicted octanol–water partition coefficient (Wildman–Crippen LogP) is 2.39. The maximum Gasteiger partial charge on any atom is 0.263 e. The highest BCUT2D eigenvalue weighted by Crippen LogP contribution is 2.29. The number of amidine groups is 1. The Hall–Kier alpha value is -3.00. The van der Waals surface area contributed by atoms with Gasteiger partial charge in [0.1, 0.15) is 23.5 Å². The molecule has 0 radical (unpaired) electrons. The molecular formula is C18H15FN4O2S. The zero-order chi connectivity index (χ0) is 18.3. The lowest BCUT2D eigenvalue weighted by atomic mass is 10.1. The van der Waals surface area contributed by atoms with Crippen LogP contribution in [0.5, 0.6) is 0 Å². The Balaban J connectivity index is 1.89. The Morgan fingerprint density at radius 2 is 2.00 bits per heavy atom. The summed E-state index contributed by atoms with van der Waals surface area (Å²) in [5.74, 6) is 0.402. The highest BCUT2D eigenvalue weighted by Gasteiger charge is 2.31. The molecule has 1 aliphatic rings. The summed E-state index contributed by atoms with van der Waals surface area (Å²) in [5, 5.41) is 0. The summed E-state index contributed by atoms with van der Waals surface area (Å²) >= 11 is 0. The Kier molecular flexibility index (Phi) is 3.84. The van der Waals surface area contributed by atoms with Gasteiger partial charge in [-0.1, -0.05) is 24.3 Å². The van der Waals surface area contributed by atoms with Gasteiger partial charge in [0.25, 0.3) is 10.0 Å². The molecule has 8 heteroatoms. The van der Waals surface area contributed by atoms with Crippen molar-refractivity contribution in [2.75, 3.05) is 0 Å². The molecular weight excluding hydrogens is 355 g/mol. The molecule has 0 bridgehead atoms. The summed E-state index contributed by atoms with van der Waals surface area (Å²) in [5.41, 5.74) is 1.07. The molecule has 1 N–H and O–H groups in total. The van der Waals surface area contributed by atoms with Crippen LogP contribution in [0.15, 0.2) is 70.8 Å². The van der Waals surface area contributed by atoms with E-state index in [1.54, 1.807) is 47.3 Å². The first-order valence-corrected chi connectivity index (χ1v) is 9.37. The van der Waals surface area contributed by atoms with E-state index in [9.17, 15) is 12.8 Å². The molecule has 1 aliphatic heterocycles. The van der Waals surface area contributed by atoms with E-state index in [1.807, 2.05) is 7.05 Å². The van der Waals surface area contributed by atoms with Gasteiger partial charge >= 0.3 is 0 Å². The van der Waals surface area contributed by atoms with Gasteiger partial charge in [-0.2, -0.15) is 0 Å². The number of hydrogen-bond acceptors (Lipinski definition) is 4. The Labute approximate surface area is 150 Å². The number of benzene rings is 2. The number of hydrogen-bond donors (Lipinski definition) is 1. The van der Waals surface area contributed by atoms with Gasteiger partial charge in [0.15, 0.2) is 0 Å². The van der Waals surface area contributed by atoms with Crippen molar-refractivity contribution >= 4 is 15.9 Å². The molecule has 0 saturated heterocycles. The third-order valence-corrected chi connectivity index (χ3v) is 5.59. The van der Waals surface area contributed by atoms with Crippen LogP contribution in [0.1, 0.15) is 23.0 Å². The number of fused-ring (bicyclic) bond motifs is 1. The van der Waals surface area contributed by atoms with Crippen LogP contribution < -0.4 is 4.72 Å². The first-order valence-electron chi connectivity index (χ1n) is 7.88. The monoisotopic (exact) mass is 370 g/mol. The van der Waals surface area contributed by atoms with Crippen LogP contribution in [0, 0.1) is 5.82 Å². The number of nitrogens with zero attached hydrogens (tertiary/aromatic N) is 3. The molecule has 6 nitrogen and oxygen atoms in total. The molecule has 4 rings (SSSR count). The van der Waals surface area contributed by atoms with Crippen LogP contribution >= 0.6 is 0 Å². The van der Waals surface area contributed by atoms with Crippen LogP contribution in [0.25, 0.3) is 0 Å². The van der Waals surface area contributed by atoms with Crippen LogP contribution in [0.2, 0.25) is 0 Å². The largest absolute Gasteiger partial charge is 0.336 e. The molecule has 132 valence electrons. The normalized spacial score (nSPS) is 17.7. The van der Waals surface area contributed by atoms with Crippen molar-refractivity contribution in [2.24, 2.45) is 12.0 Å². The van der Waals surface area contributed by atoms with Crippen molar-refractivity contribution in [2.45, 2.75) is 10.9 Å². The van der Waals surface area contributed by atoms with Gasteiger partial charge in [0.2, 0.25) is 0 Å². The molecule has 0 unspecified atom stereocenters. The van der Waals surface area contributed by atoms with Crippen molar-refractivity contribution in [3.05, 3.63) is 83.7 Å². The fourth-order valence-corrected chi connectivity index (χ4v) is 4.20. The molecule has 0 aliphatic carbocycles. The minimum Gasteiger partial charge on any atom is -0.336 e. The summed E-state index contributed by atoms with van der Waals surface area (Å²) in [6, 6.07) is 12.0. The molecule has 0 saturated carbocycles. The van der Waals surface area contributed by atoms with E-state index in [1.165, 1.54) is 18.2 Å². The van der Waals surface area contributed by atoms with Gasteiger partial charge in [-0.3, -0.25) is 9.71 Å². The number of aliphatic imine (C=N–C) groups is 1. The maximum atomic E-state index is 13.8. The van der Waals surface area contributed by atoms with Crippen LogP contribution in [0.3, 0.4) is 0 Å². The molecule has 0 spiro atoms. The van der Waals surface area contributed by atoms with Gasteiger partial charge in [-0.15, -0.1) is 0 Å². The van der Waals surface area contributed by atoms with Crippen molar-refractivity contribution in [3.8, 4) is 0 Å². The summed E-state index contributed by atoms with van der Waals surface area (Å²) in [6.45, 7) is 0. The van der Waals surface area contributed by atoms with Gasteiger partial charge in [0, 0.05) is 25.0 Å². The average molecular weight is 370 g/mol. The SMILES string of the molecule is Cn1ccnc1[C@H](N=C1NS(=O)(=O)c2ccccc21)c1cccc(F)c1. The number of aryl methyl sites for hydroxylation is 1. The second kappa shape index (κ2) is 6.06. The number of rotatable bonds is 3. The van der Waals surface area contributed by atoms with E-state index in [-0.39, 0.29) is 10.7 Å². The zero-order valence-corrected chi connectivity index (χ0v) is 14.6. The van der Waals surface area contributed by atoms with E-state index in [4.69, 9.17) is 0 Å². The Morgan fingerprint density at radius 1 is 1.19 bits per heavy atom. The molecule has 3 aromatic rings. The van der Waals surface area contributed by atoms with Crippen molar-refractivity contribution in [1.29, 1.82) is 0 Å². The number of sulfonamides is 1. The fraction of sp³-hybridized carbons (Fsp3) is 0.111. The molecule has 2 heterocycles. The van der Waals surface area contributed by atoms with E-state index >= 15 is 0 Å². The third kappa shape index (κ3) is 2.78. The number of aromatic nitrogens is 2. The lowest BCUT2D eigenvalue weighted by Gasteiger charge is -2.14. The molecule has 1 aromatic heterocycles. The second-order valence-electron chi connectivity index (χ2n) is 5.93. The molecule has 26 heavy (non-hydrogen) atoms.